The first-order valence-corrected chi connectivity index (χ1v) is 29.1. The summed E-state index contributed by atoms with van der Waals surface area (Å²) < 4.78 is 34.0. The van der Waals surface area contributed by atoms with Gasteiger partial charge in [-0.05, 0) is 32.1 Å². The van der Waals surface area contributed by atoms with Gasteiger partial charge in [-0.25, -0.2) is 0 Å². The van der Waals surface area contributed by atoms with E-state index in [1.165, 1.54) is 116 Å². The van der Waals surface area contributed by atoms with Crippen LogP contribution in [-0.2, 0) is 33.2 Å². The Kier molecular flexibility index (Phi) is 36.4. The average Bonchev–Trinajstić information content (AvgIpc) is 3.40. The fourth-order valence-electron chi connectivity index (χ4n) is 9.91. The summed E-state index contributed by atoms with van der Waals surface area (Å²) in [5, 5.41) is 119. The summed E-state index contributed by atoms with van der Waals surface area (Å²) in [6, 6.07) is -0.982. The summed E-state index contributed by atoms with van der Waals surface area (Å²) in [5.74, 6) is -0.299. The zero-order chi connectivity index (χ0) is 54.8. The molecule has 0 radical (unpaired) electrons. The molecule has 3 aliphatic heterocycles. The fraction of sp³-hybridized carbons (Fsp3) is 0.911. The van der Waals surface area contributed by atoms with E-state index in [9.17, 15) is 61.0 Å². The largest absolute Gasteiger partial charge is 0.394 e. The van der Waals surface area contributed by atoms with Gasteiger partial charge in [0.05, 0.1) is 38.6 Å². The number of aliphatic hydroxyl groups excluding tert-OH is 11. The highest BCUT2D eigenvalue weighted by Crippen LogP contribution is 2.33. The third-order valence-electron chi connectivity index (χ3n) is 14.8. The van der Waals surface area contributed by atoms with Crippen LogP contribution in [0.2, 0.25) is 0 Å². The first-order valence-electron chi connectivity index (χ1n) is 29.1. The van der Waals surface area contributed by atoms with E-state index in [1.54, 1.807) is 6.08 Å². The molecule has 0 aromatic carbocycles. The highest BCUT2D eigenvalue weighted by molar-refractivity contribution is 5.76. The molecule has 0 aromatic rings. The Bertz CT molecular complexity index is 1480. The van der Waals surface area contributed by atoms with Gasteiger partial charge >= 0.3 is 0 Å². The molecule has 3 heterocycles. The molecule has 440 valence electrons. The molecular weight excluding hydrogens is 975 g/mol. The van der Waals surface area contributed by atoms with Gasteiger partial charge in [0, 0.05) is 6.42 Å². The minimum absolute atomic E-state index is 0.232. The van der Waals surface area contributed by atoms with Crippen molar-refractivity contribution in [3.05, 3.63) is 24.3 Å². The number of unbranched alkanes of at least 4 members (excludes halogenated alkanes) is 24. The van der Waals surface area contributed by atoms with Crippen molar-refractivity contribution in [3.63, 3.8) is 0 Å². The van der Waals surface area contributed by atoms with E-state index in [2.05, 4.69) is 31.3 Å². The van der Waals surface area contributed by atoms with E-state index >= 15 is 0 Å². The number of allylic oxidation sites excluding steroid dienone is 3. The van der Waals surface area contributed by atoms with Gasteiger partial charge in [-0.2, -0.15) is 0 Å². The van der Waals surface area contributed by atoms with Gasteiger partial charge in [0.2, 0.25) is 5.91 Å². The molecule has 3 fully saturated rings. The second kappa shape index (κ2) is 40.4. The Hall–Kier alpha value is -1.73. The second-order valence-electron chi connectivity index (χ2n) is 21.1. The number of carbonyl (C=O) groups excluding carboxylic acids is 1. The molecule has 19 nitrogen and oxygen atoms in total. The number of hydrogen-bond donors (Lipinski definition) is 12. The molecule has 0 aromatic heterocycles. The van der Waals surface area contributed by atoms with Crippen LogP contribution in [0.5, 0.6) is 0 Å². The zero-order valence-corrected chi connectivity index (χ0v) is 45.5. The maximum Gasteiger partial charge on any atom is 0.220 e. The Balaban J connectivity index is 1.42. The van der Waals surface area contributed by atoms with Crippen molar-refractivity contribution in [1.82, 2.24) is 5.32 Å². The van der Waals surface area contributed by atoms with Crippen LogP contribution in [0, 0.1) is 0 Å². The van der Waals surface area contributed by atoms with E-state index in [4.69, 9.17) is 28.4 Å². The average molecular weight is 1080 g/mol. The van der Waals surface area contributed by atoms with E-state index < -0.39 is 124 Å². The van der Waals surface area contributed by atoms with Gasteiger partial charge in [0.15, 0.2) is 18.9 Å². The number of amides is 1. The lowest BCUT2D eigenvalue weighted by molar-refractivity contribution is -0.379. The van der Waals surface area contributed by atoms with Crippen molar-refractivity contribution < 1.29 is 89.4 Å². The van der Waals surface area contributed by atoms with Crippen LogP contribution in [0.4, 0.5) is 0 Å². The van der Waals surface area contributed by atoms with Crippen molar-refractivity contribution >= 4 is 5.91 Å². The minimum atomic E-state index is -1.98. The van der Waals surface area contributed by atoms with E-state index in [0.29, 0.717) is 12.8 Å². The van der Waals surface area contributed by atoms with Crippen molar-refractivity contribution in [2.75, 3.05) is 26.4 Å². The van der Waals surface area contributed by atoms with E-state index in [1.807, 2.05) is 6.08 Å². The SMILES string of the molecule is CCCCCCCCCCCCCCCCCCCCC/C=C/CC/C=C/C(O)C(COC1OC(CO)C(OC2OC(CO)C(OC3OC(CO)C(O)C(O)C3O)C(O)C2O)C(O)C1O)NC(=O)CCCCCCC. The summed E-state index contributed by atoms with van der Waals surface area (Å²) in [6.07, 6.45) is 14.0. The molecule has 12 N–H and O–H groups in total. The summed E-state index contributed by atoms with van der Waals surface area (Å²) in [6.45, 7) is 1.59. The Labute approximate surface area is 448 Å². The minimum Gasteiger partial charge on any atom is -0.394 e. The van der Waals surface area contributed by atoms with Crippen molar-refractivity contribution in [1.29, 1.82) is 0 Å². The Morgan fingerprint density at radius 1 is 0.467 bits per heavy atom. The lowest BCUT2D eigenvalue weighted by Crippen LogP contribution is -2.66. The molecule has 75 heavy (non-hydrogen) atoms. The third-order valence-corrected chi connectivity index (χ3v) is 14.8. The molecule has 19 heteroatoms. The van der Waals surface area contributed by atoms with Crippen molar-refractivity contribution in [3.8, 4) is 0 Å². The molecular formula is C56H103NO18. The zero-order valence-electron chi connectivity index (χ0n) is 45.5. The predicted molar refractivity (Wildman–Crippen MR) is 282 cm³/mol. The van der Waals surface area contributed by atoms with Crippen molar-refractivity contribution in [2.45, 2.75) is 298 Å². The monoisotopic (exact) mass is 1080 g/mol. The molecule has 17 unspecified atom stereocenters. The van der Waals surface area contributed by atoms with Gasteiger partial charge in [0.1, 0.15) is 73.2 Å². The molecule has 0 aliphatic carbocycles. The molecule has 3 rings (SSSR count). The van der Waals surface area contributed by atoms with Gasteiger partial charge in [-0.3, -0.25) is 4.79 Å². The highest BCUT2D eigenvalue weighted by Gasteiger charge is 2.53. The fourth-order valence-corrected chi connectivity index (χ4v) is 9.91. The molecule has 0 spiro atoms. The normalized spacial score (nSPS) is 31.3. The highest BCUT2D eigenvalue weighted by atomic mass is 16.8. The molecule has 3 aliphatic rings. The van der Waals surface area contributed by atoms with Gasteiger partial charge in [-0.1, -0.05) is 179 Å². The van der Waals surface area contributed by atoms with E-state index in [0.717, 1.165) is 44.9 Å². The third kappa shape index (κ3) is 25.1. The van der Waals surface area contributed by atoms with Crippen LogP contribution in [-0.4, -0.2) is 193 Å². The Morgan fingerprint density at radius 2 is 0.853 bits per heavy atom. The maximum atomic E-state index is 13.1. The molecule has 0 saturated carbocycles. The topological polar surface area (TPSA) is 307 Å². The van der Waals surface area contributed by atoms with Crippen LogP contribution in [0.15, 0.2) is 24.3 Å². The number of aliphatic hydroxyl groups is 11. The van der Waals surface area contributed by atoms with Crippen molar-refractivity contribution in [2.24, 2.45) is 0 Å². The van der Waals surface area contributed by atoms with E-state index in [-0.39, 0.29) is 18.9 Å². The first-order chi connectivity index (χ1) is 36.3. The van der Waals surface area contributed by atoms with Gasteiger partial charge in [-0.15, -0.1) is 0 Å². The predicted octanol–water partition coefficient (Wildman–Crippen LogP) is 4.37. The smallest absolute Gasteiger partial charge is 0.220 e. The maximum absolute atomic E-state index is 13.1. The number of ether oxygens (including phenoxy) is 6. The van der Waals surface area contributed by atoms with Gasteiger partial charge in [0.25, 0.3) is 0 Å². The van der Waals surface area contributed by atoms with Crippen LogP contribution < -0.4 is 5.32 Å². The molecule has 17 atom stereocenters. The summed E-state index contributed by atoms with van der Waals surface area (Å²) >= 11 is 0. The van der Waals surface area contributed by atoms with Crippen LogP contribution in [0.3, 0.4) is 0 Å². The van der Waals surface area contributed by atoms with Crippen LogP contribution >= 0.6 is 0 Å². The summed E-state index contributed by atoms with van der Waals surface area (Å²) in [7, 11) is 0. The second-order valence-corrected chi connectivity index (χ2v) is 21.1. The first kappa shape index (κ1) is 67.5. The Morgan fingerprint density at radius 3 is 1.33 bits per heavy atom. The number of rotatable bonds is 42. The summed E-state index contributed by atoms with van der Waals surface area (Å²) in [5.41, 5.74) is 0. The quantitative estimate of drug-likeness (QED) is 0.0298. The number of hydrogen-bond acceptors (Lipinski definition) is 18. The van der Waals surface area contributed by atoms with Gasteiger partial charge < -0.3 is 89.9 Å². The molecule has 3 saturated heterocycles. The number of carbonyl (C=O) groups is 1. The summed E-state index contributed by atoms with van der Waals surface area (Å²) in [4.78, 5) is 13.1. The standard InChI is InChI=1S/C56H103NO18/c1-3-5-7-9-10-11-12-13-14-15-16-17-18-19-20-21-22-23-24-25-26-27-28-30-31-33-40(61)39(57-44(62)34-32-29-8-6-4-2)38-70-54-50(68)47(65)52(42(36-59)72-54)75-56-51(69)48(66)53(43(37-60)73-56)74-55-49(67)46(64)45(63)41(35-58)71-55/h26-27,31,33,39-43,45-56,58-61,63-69H,3-25,28-30,32,34-38H2,1-2H3,(H,57,62)/b27-26+,33-31+. The number of nitrogens with one attached hydrogen (secondary N) is 1. The molecule has 1 amide bonds. The molecule has 0 bridgehead atoms. The van der Waals surface area contributed by atoms with Crippen LogP contribution in [0.25, 0.3) is 0 Å². The van der Waals surface area contributed by atoms with Crippen LogP contribution in [0.1, 0.15) is 194 Å². The lowest BCUT2D eigenvalue weighted by atomic mass is 9.96. The lowest BCUT2D eigenvalue weighted by Gasteiger charge is -2.48.